The molecule has 1 aliphatic heterocycles. The molecule has 0 radical (unpaired) electrons. The number of ether oxygens (including phenoxy) is 1. The van der Waals surface area contributed by atoms with Crippen molar-refractivity contribution in [2.24, 2.45) is 0 Å². The third-order valence-electron chi connectivity index (χ3n) is 4.22. The topological polar surface area (TPSA) is 95.2 Å². The highest BCUT2D eigenvalue weighted by molar-refractivity contribution is 5.91. The number of likely N-dealkylation sites (tertiary alicyclic amines) is 1. The summed E-state index contributed by atoms with van der Waals surface area (Å²) in [6.45, 7) is 5.89. The van der Waals surface area contributed by atoms with E-state index in [0.717, 1.165) is 18.6 Å². The van der Waals surface area contributed by atoms with Gasteiger partial charge in [0, 0.05) is 31.9 Å². The van der Waals surface area contributed by atoms with Crippen LogP contribution in [0.3, 0.4) is 0 Å². The first kappa shape index (κ1) is 15.7. The number of nitrogens with one attached hydrogen (secondary N) is 3. The van der Waals surface area contributed by atoms with Crippen molar-refractivity contribution in [2.75, 3.05) is 25.5 Å². The highest BCUT2D eigenvalue weighted by atomic mass is 16.5. The van der Waals surface area contributed by atoms with E-state index in [2.05, 4.69) is 44.8 Å². The van der Waals surface area contributed by atoms with E-state index in [4.69, 9.17) is 4.74 Å². The third-order valence-corrected chi connectivity index (χ3v) is 4.22. The summed E-state index contributed by atoms with van der Waals surface area (Å²) in [6, 6.07) is 5.54. The van der Waals surface area contributed by atoms with Gasteiger partial charge in [-0.05, 0) is 32.0 Å². The van der Waals surface area contributed by atoms with Crippen molar-refractivity contribution in [3.63, 3.8) is 0 Å². The first-order valence-corrected chi connectivity index (χ1v) is 7.71. The molecule has 23 heavy (non-hydrogen) atoms. The fraction of sp³-hybridized carbons (Fsp3) is 0.533. The lowest BCUT2D eigenvalue weighted by atomic mass is 10.2. The maximum absolute atomic E-state index is 12.2. The van der Waals surface area contributed by atoms with E-state index in [1.54, 1.807) is 19.2 Å². The number of amides is 2. The van der Waals surface area contributed by atoms with Gasteiger partial charge in [-0.15, -0.1) is 0 Å². The van der Waals surface area contributed by atoms with Gasteiger partial charge >= 0.3 is 6.03 Å². The van der Waals surface area contributed by atoms with Crippen LogP contribution in [-0.4, -0.2) is 64.7 Å². The van der Waals surface area contributed by atoms with Crippen molar-refractivity contribution in [2.45, 2.75) is 32.0 Å². The molecule has 0 bridgehead atoms. The molecule has 8 heteroatoms. The lowest BCUT2D eigenvalue weighted by Crippen LogP contribution is -2.45. The summed E-state index contributed by atoms with van der Waals surface area (Å²) in [6.07, 6.45) is 0.00108. The molecule has 1 aromatic heterocycles. The Kier molecular flexibility index (Phi) is 4.44. The van der Waals surface area contributed by atoms with E-state index in [1.165, 1.54) is 0 Å². The van der Waals surface area contributed by atoms with Gasteiger partial charge in [0.15, 0.2) is 0 Å². The minimum absolute atomic E-state index is 0.00108. The lowest BCUT2D eigenvalue weighted by Gasteiger charge is -2.20. The van der Waals surface area contributed by atoms with E-state index in [1.807, 2.05) is 6.07 Å². The molecule has 0 spiro atoms. The molecule has 2 aromatic rings. The van der Waals surface area contributed by atoms with E-state index >= 15 is 0 Å². The van der Waals surface area contributed by atoms with Crippen LogP contribution in [0, 0.1) is 0 Å². The highest BCUT2D eigenvalue weighted by Gasteiger charge is 2.34. The van der Waals surface area contributed by atoms with Crippen molar-refractivity contribution >= 4 is 22.8 Å². The highest BCUT2D eigenvalue weighted by Crippen LogP contribution is 2.17. The molecule has 124 valence electrons. The predicted molar refractivity (Wildman–Crippen MR) is 87.3 cm³/mol. The van der Waals surface area contributed by atoms with Gasteiger partial charge in [0.2, 0.25) is 0 Å². The van der Waals surface area contributed by atoms with Gasteiger partial charge in [0.25, 0.3) is 0 Å². The van der Waals surface area contributed by atoms with Crippen molar-refractivity contribution in [3.8, 4) is 0 Å². The van der Waals surface area contributed by atoms with Crippen LogP contribution in [0.1, 0.15) is 13.8 Å². The number of nitrogens with zero attached hydrogens (tertiary/aromatic N) is 3. The Morgan fingerprint density at radius 1 is 1.35 bits per heavy atom. The van der Waals surface area contributed by atoms with Crippen LogP contribution < -0.4 is 10.6 Å². The SMILES string of the molecule is CO[C@@H]1CN(C(C)C)C[C@H]1NC(=O)Nc1ccc2n[nH]nc2c1. The maximum atomic E-state index is 12.2. The number of anilines is 1. The van der Waals surface area contributed by atoms with Crippen molar-refractivity contribution in [1.82, 2.24) is 25.6 Å². The summed E-state index contributed by atoms with van der Waals surface area (Å²) in [5.41, 5.74) is 2.15. The molecule has 1 aliphatic rings. The van der Waals surface area contributed by atoms with E-state index < -0.39 is 0 Å². The van der Waals surface area contributed by atoms with Crippen LogP contribution in [-0.2, 0) is 4.74 Å². The molecule has 2 atom stereocenters. The Morgan fingerprint density at radius 2 is 2.13 bits per heavy atom. The number of aromatic amines is 1. The second-order valence-electron chi connectivity index (χ2n) is 6.05. The molecule has 2 heterocycles. The monoisotopic (exact) mass is 318 g/mol. The average Bonchev–Trinajstić information content (AvgIpc) is 3.12. The Labute approximate surface area is 134 Å². The Hall–Kier alpha value is -2.19. The second kappa shape index (κ2) is 6.51. The molecule has 2 amide bonds. The fourth-order valence-electron chi connectivity index (χ4n) is 2.86. The molecule has 1 aromatic carbocycles. The number of fused-ring (bicyclic) bond motifs is 1. The van der Waals surface area contributed by atoms with Crippen LogP contribution in [0.4, 0.5) is 10.5 Å². The van der Waals surface area contributed by atoms with Crippen LogP contribution in [0.25, 0.3) is 11.0 Å². The third kappa shape index (κ3) is 3.43. The minimum atomic E-state index is -0.245. The number of methoxy groups -OCH3 is 1. The summed E-state index contributed by atoms with van der Waals surface area (Å²) in [4.78, 5) is 14.5. The van der Waals surface area contributed by atoms with Gasteiger partial charge in [-0.25, -0.2) is 4.79 Å². The maximum Gasteiger partial charge on any atom is 0.319 e. The van der Waals surface area contributed by atoms with E-state index in [9.17, 15) is 4.79 Å². The van der Waals surface area contributed by atoms with Crippen molar-refractivity contribution in [3.05, 3.63) is 18.2 Å². The molecule has 3 N–H and O–H groups in total. The summed E-state index contributed by atoms with van der Waals surface area (Å²) in [5, 5.41) is 16.4. The predicted octanol–water partition coefficient (Wildman–Crippen LogP) is 1.19. The van der Waals surface area contributed by atoms with Gasteiger partial charge in [0.05, 0.1) is 12.1 Å². The summed E-state index contributed by atoms with van der Waals surface area (Å²) >= 11 is 0. The number of carbonyl (C=O) groups is 1. The Bertz CT molecular complexity index is 685. The lowest BCUT2D eigenvalue weighted by molar-refractivity contribution is 0.0896. The van der Waals surface area contributed by atoms with Gasteiger partial charge in [-0.2, -0.15) is 15.4 Å². The van der Waals surface area contributed by atoms with Crippen LogP contribution in [0.5, 0.6) is 0 Å². The number of rotatable bonds is 4. The fourth-order valence-corrected chi connectivity index (χ4v) is 2.86. The normalized spacial score (nSPS) is 21.9. The molecule has 0 aliphatic carbocycles. The Balaban J connectivity index is 1.62. The standard InChI is InChI=1S/C15H22N6O2/c1-9(2)21-7-13(14(8-21)23-3)17-15(22)16-10-4-5-11-12(6-10)19-20-18-11/h4-6,9,13-14H,7-8H2,1-3H3,(H2,16,17,22)(H,18,19,20)/t13-,14-/m1/s1. The number of H-pyrrole nitrogens is 1. The second-order valence-corrected chi connectivity index (χ2v) is 6.05. The van der Waals surface area contributed by atoms with E-state index in [-0.39, 0.29) is 18.2 Å². The zero-order valence-corrected chi connectivity index (χ0v) is 13.5. The molecule has 1 fully saturated rings. The van der Waals surface area contributed by atoms with E-state index in [0.29, 0.717) is 17.2 Å². The number of hydrogen-bond donors (Lipinski definition) is 3. The quantitative estimate of drug-likeness (QED) is 0.787. The first-order valence-electron chi connectivity index (χ1n) is 7.71. The van der Waals surface area contributed by atoms with Crippen LogP contribution in [0.15, 0.2) is 18.2 Å². The largest absolute Gasteiger partial charge is 0.378 e. The molecule has 0 saturated carbocycles. The molecule has 0 unspecified atom stereocenters. The van der Waals surface area contributed by atoms with Gasteiger partial charge in [-0.3, -0.25) is 4.90 Å². The smallest absolute Gasteiger partial charge is 0.319 e. The van der Waals surface area contributed by atoms with Crippen molar-refractivity contribution < 1.29 is 9.53 Å². The van der Waals surface area contributed by atoms with Gasteiger partial charge in [0.1, 0.15) is 11.0 Å². The molecule has 3 rings (SSSR count). The zero-order chi connectivity index (χ0) is 16.4. The zero-order valence-electron chi connectivity index (χ0n) is 13.5. The number of hydrogen-bond acceptors (Lipinski definition) is 5. The van der Waals surface area contributed by atoms with Crippen LogP contribution >= 0.6 is 0 Å². The van der Waals surface area contributed by atoms with Crippen LogP contribution in [0.2, 0.25) is 0 Å². The summed E-state index contributed by atoms with van der Waals surface area (Å²) < 4.78 is 5.50. The number of benzene rings is 1. The van der Waals surface area contributed by atoms with Crippen molar-refractivity contribution in [1.29, 1.82) is 0 Å². The summed E-state index contributed by atoms with van der Waals surface area (Å²) in [7, 11) is 1.68. The first-order chi connectivity index (χ1) is 11.1. The number of aromatic nitrogens is 3. The molecule has 1 saturated heterocycles. The summed E-state index contributed by atoms with van der Waals surface area (Å²) in [5.74, 6) is 0. The molecule has 8 nitrogen and oxygen atoms in total. The number of urea groups is 1. The minimum Gasteiger partial charge on any atom is -0.378 e. The average molecular weight is 318 g/mol. The number of carbonyl (C=O) groups excluding carboxylic acids is 1. The van der Waals surface area contributed by atoms with Gasteiger partial charge in [-0.1, -0.05) is 0 Å². The van der Waals surface area contributed by atoms with Gasteiger partial charge < -0.3 is 15.4 Å². The molecular weight excluding hydrogens is 296 g/mol. The Morgan fingerprint density at radius 3 is 2.87 bits per heavy atom. The molecular formula is C15H22N6O2.